The molecule has 0 amide bonds. The van der Waals surface area contributed by atoms with Crippen LogP contribution in [0.4, 0.5) is 0 Å². The van der Waals surface area contributed by atoms with E-state index >= 15 is 0 Å². The average molecular weight is 651 g/mol. The first kappa shape index (κ1) is 30.0. The molecule has 2 unspecified atom stereocenters. The number of fused-ring (bicyclic) bond motifs is 5. The number of allylic oxidation sites excluding steroid dienone is 22. The first-order valence-electron chi connectivity index (χ1n) is 19.3. The zero-order chi connectivity index (χ0) is 33.0. The van der Waals surface area contributed by atoms with Gasteiger partial charge in [0.15, 0.2) is 0 Å². The summed E-state index contributed by atoms with van der Waals surface area (Å²) in [5.41, 5.74) is 18.9. The van der Waals surface area contributed by atoms with E-state index in [0.29, 0.717) is 12.0 Å². The van der Waals surface area contributed by atoms with Gasteiger partial charge in [0.2, 0.25) is 0 Å². The summed E-state index contributed by atoms with van der Waals surface area (Å²) >= 11 is 0. The number of hydrogen-bond donors (Lipinski definition) is 0. The zero-order valence-electron chi connectivity index (χ0n) is 29.1. The van der Waals surface area contributed by atoms with Gasteiger partial charge in [0.05, 0.1) is 11.6 Å². The predicted octanol–water partition coefficient (Wildman–Crippen LogP) is 12.2. The molecule has 0 saturated heterocycles. The minimum Gasteiger partial charge on any atom is -0.340 e. The zero-order valence-corrected chi connectivity index (χ0v) is 29.1. The average Bonchev–Trinajstić information content (AvgIpc) is 3.71. The Morgan fingerprint density at radius 3 is 2.46 bits per heavy atom. The van der Waals surface area contributed by atoms with Crippen LogP contribution in [0.15, 0.2) is 155 Å². The molecule has 0 N–H and O–H groups in total. The molecule has 1 aromatic heterocycles. The Kier molecular flexibility index (Phi) is 7.51. The smallest absolute Gasteiger partial charge is 0.0626 e. The van der Waals surface area contributed by atoms with Gasteiger partial charge >= 0.3 is 0 Å². The molecule has 2 heterocycles. The molecule has 1 aromatic carbocycles. The lowest BCUT2D eigenvalue weighted by molar-refractivity contribution is 0.349. The van der Waals surface area contributed by atoms with Gasteiger partial charge in [0.25, 0.3) is 0 Å². The molecule has 1 aliphatic heterocycles. The van der Waals surface area contributed by atoms with E-state index < -0.39 is 0 Å². The van der Waals surface area contributed by atoms with Crippen molar-refractivity contribution in [2.45, 2.75) is 83.1 Å². The Balaban J connectivity index is 0.991. The van der Waals surface area contributed by atoms with Crippen molar-refractivity contribution in [1.29, 1.82) is 0 Å². The van der Waals surface area contributed by atoms with Crippen molar-refractivity contribution in [2.24, 2.45) is 5.92 Å². The van der Waals surface area contributed by atoms with Gasteiger partial charge < -0.3 is 9.47 Å². The van der Waals surface area contributed by atoms with Gasteiger partial charge in [-0.3, -0.25) is 0 Å². The van der Waals surface area contributed by atoms with Crippen LogP contribution < -0.4 is 0 Å². The Morgan fingerprint density at radius 1 is 0.640 bits per heavy atom. The van der Waals surface area contributed by atoms with Crippen LogP contribution in [-0.4, -0.2) is 15.5 Å². The summed E-state index contributed by atoms with van der Waals surface area (Å²) in [6.07, 6.45) is 54.2. The van der Waals surface area contributed by atoms with Gasteiger partial charge in [0, 0.05) is 39.7 Å². The number of aromatic nitrogens is 1. The van der Waals surface area contributed by atoms with Crippen molar-refractivity contribution in [2.75, 3.05) is 0 Å². The fourth-order valence-electron chi connectivity index (χ4n) is 9.83. The van der Waals surface area contributed by atoms with E-state index in [0.717, 1.165) is 77.0 Å². The lowest BCUT2D eigenvalue weighted by Gasteiger charge is -2.35. The molecule has 0 fully saturated rings. The summed E-state index contributed by atoms with van der Waals surface area (Å²) in [7, 11) is 0. The molecule has 8 aliphatic rings. The minimum absolute atomic E-state index is 0.380. The summed E-state index contributed by atoms with van der Waals surface area (Å²) in [4.78, 5) is 2.78. The van der Waals surface area contributed by atoms with Gasteiger partial charge in [-0.05, 0) is 146 Å². The molecule has 0 spiro atoms. The number of nitrogens with zero attached hydrogens (tertiary/aromatic N) is 2. The van der Waals surface area contributed by atoms with Crippen molar-refractivity contribution in [1.82, 2.24) is 9.47 Å². The summed E-state index contributed by atoms with van der Waals surface area (Å²) in [5.74, 6) is 0.494. The minimum atomic E-state index is 0.380. The van der Waals surface area contributed by atoms with Gasteiger partial charge in [-0.15, -0.1) is 0 Å². The summed E-state index contributed by atoms with van der Waals surface area (Å²) in [6, 6.07) is 7.65. The van der Waals surface area contributed by atoms with Gasteiger partial charge in [-0.25, -0.2) is 0 Å². The van der Waals surface area contributed by atoms with Crippen molar-refractivity contribution in [3.63, 3.8) is 0 Å². The number of hydrogen-bond acceptors (Lipinski definition) is 1. The highest BCUT2D eigenvalue weighted by molar-refractivity contribution is 5.97. The maximum atomic E-state index is 2.78. The van der Waals surface area contributed by atoms with E-state index in [1.807, 2.05) is 0 Å². The van der Waals surface area contributed by atoms with Crippen LogP contribution in [0, 0.1) is 5.92 Å². The first-order valence-corrected chi connectivity index (χ1v) is 19.3. The molecule has 2 heteroatoms. The van der Waals surface area contributed by atoms with Crippen molar-refractivity contribution in [3.8, 4) is 0 Å². The SMILES string of the molecule is C1=CCCC(n2c3c(c4cc(C5=CCC6C(=C5)C5=C(CCC=C5)N6C5=CC(C6=CCCC=C6C6C=CC=CC6)=CCC5)ccc42)C=CCC3)=C1. The Morgan fingerprint density at radius 2 is 1.54 bits per heavy atom. The van der Waals surface area contributed by atoms with E-state index in [4.69, 9.17) is 0 Å². The highest BCUT2D eigenvalue weighted by Crippen LogP contribution is 2.48. The lowest BCUT2D eigenvalue weighted by Crippen LogP contribution is -2.32. The van der Waals surface area contributed by atoms with Gasteiger partial charge in [0.1, 0.15) is 0 Å². The van der Waals surface area contributed by atoms with Crippen LogP contribution in [-0.2, 0) is 6.42 Å². The number of benzene rings is 1. The van der Waals surface area contributed by atoms with Crippen LogP contribution in [0.5, 0.6) is 0 Å². The molecule has 2 aromatic rings. The van der Waals surface area contributed by atoms with E-state index in [1.165, 1.54) is 72.6 Å². The second kappa shape index (κ2) is 12.5. The number of rotatable bonds is 5. The highest BCUT2D eigenvalue weighted by atomic mass is 15.2. The standard InChI is InChI=1S/C48H46N2/c1-3-14-33(15-4-1)39-20-7-8-21-40(39)36-16-13-19-38(30-36)50-46-25-12-10-23-42(46)44-32-35(27-29-48(44)50)34-26-28-47-43(31-34)41-22-9-11-24-45(41)49(47)37-17-5-2-6-18-37/h1-5,9-10,14,16-17,20-23,26-28,30-33,48H,6-8,11-13,15,18-19,24-25,29H2. The molecular formula is C48H46N2. The second-order valence-corrected chi connectivity index (χ2v) is 15.0. The Labute approximate surface area is 297 Å². The molecule has 2 atom stereocenters. The molecule has 0 saturated carbocycles. The van der Waals surface area contributed by atoms with Crippen LogP contribution in [0.3, 0.4) is 0 Å². The van der Waals surface area contributed by atoms with Crippen molar-refractivity contribution < 1.29 is 0 Å². The topological polar surface area (TPSA) is 8.17 Å². The maximum Gasteiger partial charge on any atom is 0.0626 e. The summed E-state index contributed by atoms with van der Waals surface area (Å²) in [6.45, 7) is 0. The molecule has 248 valence electrons. The highest BCUT2D eigenvalue weighted by Gasteiger charge is 2.39. The monoisotopic (exact) mass is 650 g/mol. The summed E-state index contributed by atoms with van der Waals surface area (Å²) < 4.78 is 2.58. The largest absolute Gasteiger partial charge is 0.340 e. The molecule has 7 aliphatic carbocycles. The molecular weight excluding hydrogens is 605 g/mol. The fraction of sp³-hybridized carbons (Fsp3) is 0.292. The molecule has 50 heavy (non-hydrogen) atoms. The quantitative estimate of drug-likeness (QED) is 0.313. The summed E-state index contributed by atoms with van der Waals surface area (Å²) in [5, 5.41) is 1.40. The normalized spacial score (nSPS) is 25.4. The van der Waals surface area contributed by atoms with Crippen molar-refractivity contribution in [3.05, 3.63) is 171 Å². The molecule has 0 radical (unpaired) electrons. The van der Waals surface area contributed by atoms with Crippen molar-refractivity contribution >= 4 is 28.2 Å². The van der Waals surface area contributed by atoms with Gasteiger partial charge in [-0.2, -0.15) is 0 Å². The van der Waals surface area contributed by atoms with Gasteiger partial charge in [-0.1, -0.05) is 91.1 Å². The first-order chi connectivity index (χ1) is 24.8. The van der Waals surface area contributed by atoms with E-state index in [9.17, 15) is 0 Å². The molecule has 10 rings (SSSR count). The maximum absolute atomic E-state index is 2.78. The molecule has 0 bridgehead atoms. The van der Waals surface area contributed by atoms with Crippen LogP contribution in [0.2, 0.25) is 0 Å². The third-order valence-corrected chi connectivity index (χ3v) is 12.1. The third kappa shape index (κ3) is 4.98. The lowest BCUT2D eigenvalue weighted by atomic mass is 9.79. The van der Waals surface area contributed by atoms with E-state index in [1.54, 1.807) is 5.70 Å². The fourth-order valence-corrected chi connectivity index (χ4v) is 9.83. The van der Waals surface area contributed by atoms with Crippen LogP contribution >= 0.6 is 0 Å². The van der Waals surface area contributed by atoms with Crippen LogP contribution in [0.1, 0.15) is 87.4 Å². The van der Waals surface area contributed by atoms with E-state index in [2.05, 4.69) is 131 Å². The second-order valence-electron chi connectivity index (χ2n) is 15.0. The molecule has 2 nitrogen and oxygen atoms in total. The van der Waals surface area contributed by atoms with Crippen LogP contribution in [0.25, 0.3) is 28.2 Å². The Bertz CT molecular complexity index is 2210. The van der Waals surface area contributed by atoms with E-state index in [-0.39, 0.29) is 0 Å². The third-order valence-electron chi connectivity index (χ3n) is 12.1. The Hall–Kier alpha value is -4.82. The predicted molar refractivity (Wildman–Crippen MR) is 211 cm³/mol.